The smallest absolute Gasteiger partial charge is 0.144 e. The molecule has 0 atom stereocenters. The number of hydrogen-bond donors (Lipinski definition) is 3. The van der Waals surface area contributed by atoms with Crippen LogP contribution in [-0.2, 0) is 0 Å². The Morgan fingerprint density at radius 1 is 1.42 bits per heavy atom. The fourth-order valence-electron chi connectivity index (χ4n) is 1.79. The van der Waals surface area contributed by atoms with E-state index in [0.717, 1.165) is 36.0 Å². The molecular weight excluding hydrogens is 306 g/mol. The van der Waals surface area contributed by atoms with E-state index in [-0.39, 0.29) is 5.41 Å². The Morgan fingerprint density at radius 3 is 2.79 bits per heavy atom. The largest absolute Gasteiger partial charge is 0.409 e. The Bertz CT molecular complexity index is 432. The number of rotatable bonds is 7. The Kier molecular flexibility index (Phi) is 6.15. The lowest BCUT2D eigenvalue weighted by atomic mass is 9.86. The summed E-state index contributed by atoms with van der Waals surface area (Å²) >= 11 is 3.44. The molecule has 0 fully saturated rings. The van der Waals surface area contributed by atoms with E-state index in [9.17, 15) is 0 Å². The van der Waals surface area contributed by atoms with E-state index >= 15 is 0 Å². The third-order valence-corrected chi connectivity index (χ3v) is 3.68. The van der Waals surface area contributed by atoms with E-state index in [1.807, 2.05) is 32.0 Å². The molecular formula is C14H22BrN3O. The summed E-state index contributed by atoms with van der Waals surface area (Å²) in [4.78, 5) is 0. The van der Waals surface area contributed by atoms with Gasteiger partial charge in [0.25, 0.3) is 0 Å². The molecule has 1 aromatic rings. The highest BCUT2D eigenvalue weighted by Gasteiger charge is 2.22. The van der Waals surface area contributed by atoms with E-state index in [2.05, 4.69) is 32.5 Å². The summed E-state index contributed by atoms with van der Waals surface area (Å²) in [5, 5.41) is 15.2. The molecule has 4 nitrogen and oxygen atoms in total. The van der Waals surface area contributed by atoms with Crippen LogP contribution in [0.15, 0.2) is 33.9 Å². The molecule has 0 spiro atoms. The number of amidine groups is 1. The van der Waals surface area contributed by atoms with Crippen LogP contribution in [0.5, 0.6) is 0 Å². The lowest BCUT2D eigenvalue weighted by molar-refractivity contribution is 0.304. The second kappa shape index (κ2) is 7.38. The van der Waals surface area contributed by atoms with E-state index in [1.54, 1.807) is 0 Å². The monoisotopic (exact) mass is 327 g/mol. The van der Waals surface area contributed by atoms with Gasteiger partial charge >= 0.3 is 0 Å². The third-order valence-electron chi connectivity index (χ3n) is 3.18. The van der Waals surface area contributed by atoms with Gasteiger partial charge in [-0.25, -0.2) is 0 Å². The first-order valence-corrected chi connectivity index (χ1v) is 7.22. The summed E-state index contributed by atoms with van der Waals surface area (Å²) in [6, 6.07) is 8.12. The minimum absolute atomic E-state index is 0.246. The molecule has 0 aliphatic rings. The molecule has 5 heteroatoms. The van der Waals surface area contributed by atoms with Gasteiger partial charge in [0.2, 0.25) is 0 Å². The van der Waals surface area contributed by atoms with Crippen molar-refractivity contribution in [1.29, 1.82) is 0 Å². The minimum Gasteiger partial charge on any atom is -0.409 e. The number of hydrogen-bond acceptors (Lipinski definition) is 3. The minimum atomic E-state index is -0.246. The highest BCUT2D eigenvalue weighted by Crippen LogP contribution is 2.23. The van der Waals surface area contributed by atoms with E-state index < -0.39 is 0 Å². The van der Waals surface area contributed by atoms with Crippen LogP contribution in [0.2, 0.25) is 0 Å². The van der Waals surface area contributed by atoms with Gasteiger partial charge in [0, 0.05) is 22.1 Å². The van der Waals surface area contributed by atoms with Crippen LogP contribution in [0.25, 0.3) is 0 Å². The molecule has 106 valence electrons. The SMILES string of the molecule is CC(C)(CCCCNc1cccc(Br)c1)/C(N)=N/O. The number of anilines is 1. The van der Waals surface area contributed by atoms with Gasteiger partial charge in [0.15, 0.2) is 0 Å². The number of nitrogens with one attached hydrogen (secondary N) is 1. The van der Waals surface area contributed by atoms with Crippen molar-refractivity contribution in [3.05, 3.63) is 28.7 Å². The van der Waals surface area contributed by atoms with Crippen molar-refractivity contribution in [2.45, 2.75) is 33.1 Å². The molecule has 0 aliphatic carbocycles. The zero-order chi connectivity index (χ0) is 14.3. The van der Waals surface area contributed by atoms with Crippen molar-refractivity contribution in [1.82, 2.24) is 0 Å². The Morgan fingerprint density at radius 2 is 2.16 bits per heavy atom. The summed E-state index contributed by atoms with van der Waals surface area (Å²) in [6.07, 6.45) is 2.99. The van der Waals surface area contributed by atoms with Gasteiger partial charge in [-0.3, -0.25) is 0 Å². The Labute approximate surface area is 123 Å². The van der Waals surface area contributed by atoms with Crippen molar-refractivity contribution in [2.24, 2.45) is 16.3 Å². The molecule has 1 aromatic carbocycles. The molecule has 0 saturated heterocycles. The second-order valence-corrected chi connectivity index (χ2v) is 6.18. The van der Waals surface area contributed by atoms with Crippen LogP contribution < -0.4 is 11.1 Å². The van der Waals surface area contributed by atoms with E-state index in [4.69, 9.17) is 10.9 Å². The van der Waals surface area contributed by atoms with Crippen molar-refractivity contribution < 1.29 is 5.21 Å². The van der Waals surface area contributed by atoms with E-state index in [1.165, 1.54) is 0 Å². The number of nitrogens with two attached hydrogens (primary N) is 1. The summed E-state index contributed by atoms with van der Waals surface area (Å²) < 4.78 is 1.07. The second-order valence-electron chi connectivity index (χ2n) is 5.26. The first-order valence-electron chi connectivity index (χ1n) is 6.43. The molecule has 0 bridgehead atoms. The van der Waals surface area contributed by atoms with E-state index in [0.29, 0.717) is 5.84 Å². The average molecular weight is 328 g/mol. The zero-order valence-electron chi connectivity index (χ0n) is 11.5. The maximum Gasteiger partial charge on any atom is 0.144 e. The molecule has 1 rings (SSSR count). The molecule has 0 unspecified atom stereocenters. The Balaban J connectivity index is 2.25. The summed E-state index contributed by atoms with van der Waals surface area (Å²) in [5.41, 5.74) is 6.52. The highest BCUT2D eigenvalue weighted by atomic mass is 79.9. The zero-order valence-corrected chi connectivity index (χ0v) is 13.1. The van der Waals surface area contributed by atoms with Crippen molar-refractivity contribution in [3.63, 3.8) is 0 Å². The summed E-state index contributed by atoms with van der Waals surface area (Å²) in [5.74, 6) is 0.299. The molecule has 0 heterocycles. The average Bonchev–Trinajstić information content (AvgIpc) is 2.37. The third kappa shape index (κ3) is 5.51. The molecule has 0 saturated carbocycles. The van der Waals surface area contributed by atoms with Gasteiger partial charge in [-0.05, 0) is 31.0 Å². The predicted octanol–water partition coefficient (Wildman–Crippen LogP) is 3.80. The van der Waals surface area contributed by atoms with Gasteiger partial charge in [0.05, 0.1) is 0 Å². The fourth-order valence-corrected chi connectivity index (χ4v) is 2.19. The quantitative estimate of drug-likeness (QED) is 0.234. The van der Waals surface area contributed by atoms with Gasteiger partial charge in [-0.15, -0.1) is 0 Å². The first-order chi connectivity index (χ1) is 8.95. The summed E-state index contributed by atoms with van der Waals surface area (Å²) in [7, 11) is 0. The fraction of sp³-hybridized carbons (Fsp3) is 0.500. The molecule has 0 aliphatic heterocycles. The van der Waals surface area contributed by atoms with Crippen molar-refractivity contribution >= 4 is 27.5 Å². The normalized spacial score (nSPS) is 12.5. The molecule has 0 amide bonds. The van der Waals surface area contributed by atoms with Gasteiger partial charge in [-0.1, -0.05) is 47.4 Å². The maximum absolute atomic E-state index is 8.69. The van der Waals surface area contributed by atoms with Crippen LogP contribution in [0.3, 0.4) is 0 Å². The van der Waals surface area contributed by atoms with Crippen LogP contribution in [0.1, 0.15) is 33.1 Å². The number of halogens is 1. The maximum atomic E-state index is 8.69. The topological polar surface area (TPSA) is 70.6 Å². The van der Waals surface area contributed by atoms with Gasteiger partial charge in [0.1, 0.15) is 5.84 Å². The van der Waals surface area contributed by atoms with Crippen LogP contribution in [0, 0.1) is 5.41 Å². The van der Waals surface area contributed by atoms with Crippen LogP contribution >= 0.6 is 15.9 Å². The van der Waals surface area contributed by atoms with Gasteiger partial charge < -0.3 is 16.3 Å². The van der Waals surface area contributed by atoms with Crippen LogP contribution in [-0.4, -0.2) is 17.6 Å². The van der Waals surface area contributed by atoms with Crippen LogP contribution in [0.4, 0.5) is 5.69 Å². The number of unbranched alkanes of at least 4 members (excludes halogenated alkanes) is 1. The Hall–Kier alpha value is -1.23. The molecule has 0 aromatic heterocycles. The molecule has 4 N–H and O–H groups in total. The lowest BCUT2D eigenvalue weighted by Gasteiger charge is -2.22. The molecule has 19 heavy (non-hydrogen) atoms. The predicted molar refractivity (Wildman–Crippen MR) is 83.7 cm³/mol. The van der Waals surface area contributed by atoms with Crippen molar-refractivity contribution in [2.75, 3.05) is 11.9 Å². The standard InChI is InChI=1S/C14H22BrN3O/c1-14(2,13(16)18-19)8-3-4-9-17-12-7-5-6-11(15)10-12/h5-7,10,17,19H,3-4,8-9H2,1-2H3,(H2,16,18). The number of nitrogens with zero attached hydrogens (tertiary/aromatic N) is 1. The number of benzene rings is 1. The first kappa shape index (κ1) is 15.8. The van der Waals surface area contributed by atoms with Crippen molar-refractivity contribution in [3.8, 4) is 0 Å². The van der Waals surface area contributed by atoms with Gasteiger partial charge in [-0.2, -0.15) is 0 Å². The molecule has 0 radical (unpaired) electrons. The number of oxime groups is 1. The lowest BCUT2D eigenvalue weighted by Crippen LogP contribution is -2.31. The highest BCUT2D eigenvalue weighted by molar-refractivity contribution is 9.10. The summed E-state index contributed by atoms with van der Waals surface area (Å²) in [6.45, 7) is 4.90.